The molecular weight excluding hydrogens is 276 g/mol. The molecule has 0 bridgehead atoms. The first kappa shape index (κ1) is 16.0. The molecule has 0 aliphatic carbocycles. The zero-order valence-electron chi connectivity index (χ0n) is 13.8. The van der Waals surface area contributed by atoms with E-state index in [9.17, 15) is 0 Å². The van der Waals surface area contributed by atoms with Gasteiger partial charge in [0.2, 0.25) is 17.8 Å². The molecule has 0 amide bonds. The van der Waals surface area contributed by atoms with Gasteiger partial charge in [0.1, 0.15) is 0 Å². The summed E-state index contributed by atoms with van der Waals surface area (Å²) >= 11 is 0. The maximum atomic E-state index is 4.42. The van der Waals surface area contributed by atoms with E-state index in [-0.39, 0.29) is 12.1 Å². The molecule has 1 heterocycles. The van der Waals surface area contributed by atoms with Crippen LogP contribution in [0, 0.1) is 6.92 Å². The topological polar surface area (TPSA) is 74.8 Å². The maximum absolute atomic E-state index is 4.42. The number of hydrogen-bond acceptors (Lipinski definition) is 6. The molecule has 0 radical (unpaired) electrons. The van der Waals surface area contributed by atoms with E-state index in [0.29, 0.717) is 17.8 Å². The van der Waals surface area contributed by atoms with E-state index in [1.807, 2.05) is 39.8 Å². The Morgan fingerprint density at radius 3 is 1.86 bits per heavy atom. The highest BCUT2D eigenvalue weighted by Gasteiger charge is 2.09. The summed E-state index contributed by atoms with van der Waals surface area (Å²) in [6.45, 7) is 10.2. The van der Waals surface area contributed by atoms with Gasteiger partial charge in [-0.05, 0) is 52.3 Å². The van der Waals surface area contributed by atoms with Gasteiger partial charge in [-0.1, -0.05) is 12.1 Å². The SMILES string of the molecule is Cc1cccc(Nc2nc(NC(C)C)nc(NC(C)C)n2)c1. The summed E-state index contributed by atoms with van der Waals surface area (Å²) in [4.78, 5) is 13.2. The lowest BCUT2D eigenvalue weighted by Gasteiger charge is -2.14. The van der Waals surface area contributed by atoms with Crippen molar-refractivity contribution < 1.29 is 0 Å². The van der Waals surface area contributed by atoms with E-state index in [2.05, 4.69) is 50.0 Å². The molecule has 0 fully saturated rings. The maximum Gasteiger partial charge on any atom is 0.233 e. The number of benzene rings is 1. The molecule has 2 aromatic rings. The number of hydrogen-bond donors (Lipinski definition) is 3. The van der Waals surface area contributed by atoms with Crippen LogP contribution in [0.2, 0.25) is 0 Å². The first-order chi connectivity index (χ1) is 10.4. The van der Waals surface area contributed by atoms with Crippen LogP contribution in [0.4, 0.5) is 23.5 Å². The number of anilines is 4. The first-order valence-electron chi connectivity index (χ1n) is 7.55. The molecule has 0 aliphatic rings. The fraction of sp³-hybridized carbons (Fsp3) is 0.438. The molecule has 0 aliphatic heterocycles. The molecule has 3 N–H and O–H groups in total. The number of aryl methyl sites for hydroxylation is 1. The Bertz CT molecular complexity index is 596. The zero-order valence-corrected chi connectivity index (χ0v) is 13.8. The number of aromatic nitrogens is 3. The molecule has 22 heavy (non-hydrogen) atoms. The minimum atomic E-state index is 0.251. The Hall–Kier alpha value is -2.37. The summed E-state index contributed by atoms with van der Waals surface area (Å²) in [7, 11) is 0. The highest BCUT2D eigenvalue weighted by Crippen LogP contribution is 2.17. The van der Waals surface area contributed by atoms with Crippen molar-refractivity contribution in [1.29, 1.82) is 0 Å². The summed E-state index contributed by atoms with van der Waals surface area (Å²) in [5, 5.41) is 9.66. The van der Waals surface area contributed by atoms with E-state index in [1.165, 1.54) is 5.56 Å². The average molecular weight is 300 g/mol. The Kier molecular flexibility index (Phi) is 5.14. The van der Waals surface area contributed by atoms with Gasteiger partial charge in [0.25, 0.3) is 0 Å². The first-order valence-corrected chi connectivity index (χ1v) is 7.55. The summed E-state index contributed by atoms with van der Waals surface area (Å²) in [5.74, 6) is 1.64. The third-order valence-electron chi connectivity index (χ3n) is 2.75. The molecular formula is C16H24N6. The number of rotatable bonds is 6. The summed E-state index contributed by atoms with van der Waals surface area (Å²) in [6, 6.07) is 8.59. The van der Waals surface area contributed by atoms with Crippen molar-refractivity contribution in [3.63, 3.8) is 0 Å². The molecule has 0 saturated heterocycles. The van der Waals surface area contributed by atoms with Crippen molar-refractivity contribution >= 4 is 23.5 Å². The molecule has 0 atom stereocenters. The van der Waals surface area contributed by atoms with Crippen molar-refractivity contribution in [2.24, 2.45) is 0 Å². The van der Waals surface area contributed by atoms with Crippen LogP contribution in [0.5, 0.6) is 0 Å². The molecule has 2 rings (SSSR count). The molecule has 1 aromatic carbocycles. The zero-order chi connectivity index (χ0) is 16.1. The highest BCUT2D eigenvalue weighted by atomic mass is 15.3. The second kappa shape index (κ2) is 7.06. The third-order valence-corrected chi connectivity index (χ3v) is 2.75. The monoisotopic (exact) mass is 300 g/mol. The highest BCUT2D eigenvalue weighted by molar-refractivity contribution is 5.56. The average Bonchev–Trinajstić information content (AvgIpc) is 2.36. The van der Waals surface area contributed by atoms with Crippen LogP contribution in [0.15, 0.2) is 24.3 Å². The normalized spacial score (nSPS) is 10.9. The van der Waals surface area contributed by atoms with Crippen molar-refractivity contribution in [2.75, 3.05) is 16.0 Å². The predicted octanol–water partition coefficient (Wildman–Crippen LogP) is 3.56. The molecule has 1 aromatic heterocycles. The van der Waals surface area contributed by atoms with E-state index in [1.54, 1.807) is 0 Å². The second-order valence-electron chi connectivity index (χ2n) is 5.90. The smallest absolute Gasteiger partial charge is 0.233 e. The van der Waals surface area contributed by atoms with E-state index >= 15 is 0 Å². The van der Waals surface area contributed by atoms with Gasteiger partial charge in [-0.2, -0.15) is 15.0 Å². The molecule has 6 nitrogen and oxygen atoms in total. The Morgan fingerprint density at radius 2 is 1.36 bits per heavy atom. The van der Waals surface area contributed by atoms with Crippen molar-refractivity contribution in [3.8, 4) is 0 Å². The van der Waals surface area contributed by atoms with Gasteiger partial charge in [-0.3, -0.25) is 0 Å². The predicted molar refractivity (Wildman–Crippen MR) is 91.8 cm³/mol. The fourth-order valence-electron chi connectivity index (χ4n) is 1.93. The molecule has 6 heteroatoms. The minimum Gasteiger partial charge on any atom is -0.352 e. The second-order valence-corrected chi connectivity index (χ2v) is 5.90. The number of nitrogens with zero attached hydrogens (tertiary/aromatic N) is 3. The van der Waals surface area contributed by atoms with Gasteiger partial charge in [0.15, 0.2) is 0 Å². The van der Waals surface area contributed by atoms with Gasteiger partial charge < -0.3 is 16.0 Å². The van der Waals surface area contributed by atoms with Crippen LogP contribution in [-0.4, -0.2) is 27.0 Å². The molecule has 0 unspecified atom stereocenters. The van der Waals surface area contributed by atoms with Crippen molar-refractivity contribution in [3.05, 3.63) is 29.8 Å². The van der Waals surface area contributed by atoms with Crippen LogP contribution in [0.25, 0.3) is 0 Å². The Morgan fingerprint density at radius 1 is 0.818 bits per heavy atom. The molecule has 118 valence electrons. The van der Waals surface area contributed by atoms with Crippen LogP contribution in [0.3, 0.4) is 0 Å². The standard InChI is InChI=1S/C16H24N6/c1-10(2)17-14-20-15(18-11(3)4)22-16(21-14)19-13-8-6-7-12(5)9-13/h6-11H,1-5H3,(H3,17,18,19,20,21,22). The van der Waals surface area contributed by atoms with Crippen molar-refractivity contribution in [1.82, 2.24) is 15.0 Å². The lowest BCUT2D eigenvalue weighted by atomic mass is 10.2. The minimum absolute atomic E-state index is 0.251. The Labute approximate surface area is 131 Å². The van der Waals surface area contributed by atoms with E-state index in [4.69, 9.17) is 0 Å². The van der Waals surface area contributed by atoms with Crippen LogP contribution >= 0.6 is 0 Å². The van der Waals surface area contributed by atoms with Crippen LogP contribution in [0.1, 0.15) is 33.3 Å². The largest absolute Gasteiger partial charge is 0.352 e. The van der Waals surface area contributed by atoms with E-state index in [0.717, 1.165) is 5.69 Å². The number of nitrogens with one attached hydrogen (secondary N) is 3. The summed E-state index contributed by atoms with van der Waals surface area (Å²) < 4.78 is 0. The third kappa shape index (κ3) is 4.87. The van der Waals surface area contributed by atoms with Gasteiger partial charge in [0, 0.05) is 17.8 Å². The quantitative estimate of drug-likeness (QED) is 0.757. The van der Waals surface area contributed by atoms with Gasteiger partial charge >= 0.3 is 0 Å². The van der Waals surface area contributed by atoms with Crippen LogP contribution < -0.4 is 16.0 Å². The summed E-state index contributed by atoms with van der Waals surface area (Å²) in [5.41, 5.74) is 2.14. The molecule has 0 saturated carbocycles. The van der Waals surface area contributed by atoms with Gasteiger partial charge in [0.05, 0.1) is 0 Å². The van der Waals surface area contributed by atoms with Gasteiger partial charge in [-0.25, -0.2) is 0 Å². The van der Waals surface area contributed by atoms with Crippen LogP contribution in [-0.2, 0) is 0 Å². The van der Waals surface area contributed by atoms with Crippen molar-refractivity contribution in [2.45, 2.75) is 46.7 Å². The molecule has 0 spiro atoms. The fourth-order valence-corrected chi connectivity index (χ4v) is 1.93. The van der Waals surface area contributed by atoms with Gasteiger partial charge in [-0.15, -0.1) is 0 Å². The lowest BCUT2D eigenvalue weighted by molar-refractivity contribution is 0.847. The van der Waals surface area contributed by atoms with E-state index < -0.39 is 0 Å². The Balaban J connectivity index is 2.28. The summed E-state index contributed by atoms with van der Waals surface area (Å²) in [6.07, 6.45) is 0. The lowest BCUT2D eigenvalue weighted by Crippen LogP contribution is -2.18.